The number of hydrogen-bond acceptors (Lipinski definition) is 7. The first-order valence-corrected chi connectivity index (χ1v) is 9.49. The van der Waals surface area contributed by atoms with E-state index in [-0.39, 0.29) is 5.91 Å². The van der Waals surface area contributed by atoms with Crippen molar-refractivity contribution in [3.05, 3.63) is 30.3 Å². The average Bonchev–Trinajstić information content (AvgIpc) is 3.13. The topological polar surface area (TPSA) is 90.6 Å². The van der Waals surface area contributed by atoms with Crippen LogP contribution in [0.3, 0.4) is 0 Å². The third-order valence-corrected chi connectivity index (χ3v) is 4.72. The summed E-state index contributed by atoms with van der Waals surface area (Å²) in [6.45, 7) is 2.70. The summed E-state index contributed by atoms with van der Waals surface area (Å²) in [4.78, 5) is 11.8. The fourth-order valence-electron chi connectivity index (χ4n) is 2.46. The van der Waals surface area contributed by atoms with Crippen molar-refractivity contribution in [3.8, 4) is 22.9 Å². The maximum absolute atomic E-state index is 11.8. The standard InChI is InChI=1S/C18H21N5O3S/c1-4-9-19-16(24)11-27-17-8-7-15-20-21-18(23(15)22-17)12-5-6-13(25-2)14(10-12)26-3/h5-8,10H,4,9,11H2,1-3H3,(H,19,24). The summed E-state index contributed by atoms with van der Waals surface area (Å²) in [5.41, 5.74) is 1.43. The largest absolute Gasteiger partial charge is 0.493 e. The lowest BCUT2D eigenvalue weighted by molar-refractivity contribution is -0.118. The summed E-state index contributed by atoms with van der Waals surface area (Å²) in [6, 6.07) is 9.18. The van der Waals surface area contributed by atoms with Crippen LogP contribution in [0.25, 0.3) is 17.0 Å². The normalized spacial score (nSPS) is 10.8. The van der Waals surface area contributed by atoms with Crippen LogP contribution in [0.4, 0.5) is 0 Å². The predicted octanol–water partition coefficient (Wildman–Crippen LogP) is 2.43. The molecule has 27 heavy (non-hydrogen) atoms. The summed E-state index contributed by atoms with van der Waals surface area (Å²) < 4.78 is 12.3. The molecular weight excluding hydrogens is 366 g/mol. The average molecular weight is 387 g/mol. The van der Waals surface area contributed by atoms with Crippen LogP contribution in [-0.2, 0) is 4.79 Å². The lowest BCUT2D eigenvalue weighted by Gasteiger charge is -2.09. The van der Waals surface area contributed by atoms with Crippen molar-refractivity contribution in [2.24, 2.45) is 0 Å². The first-order valence-electron chi connectivity index (χ1n) is 8.50. The van der Waals surface area contributed by atoms with Gasteiger partial charge in [0.05, 0.1) is 20.0 Å². The van der Waals surface area contributed by atoms with Gasteiger partial charge in [-0.15, -0.1) is 10.2 Å². The van der Waals surface area contributed by atoms with E-state index >= 15 is 0 Å². The highest BCUT2D eigenvalue weighted by atomic mass is 32.2. The van der Waals surface area contributed by atoms with Crippen molar-refractivity contribution in [2.75, 3.05) is 26.5 Å². The maximum atomic E-state index is 11.8. The van der Waals surface area contributed by atoms with E-state index < -0.39 is 0 Å². The number of fused-ring (bicyclic) bond motifs is 1. The van der Waals surface area contributed by atoms with Crippen LogP contribution in [-0.4, -0.2) is 52.2 Å². The van der Waals surface area contributed by atoms with E-state index in [0.29, 0.717) is 35.3 Å². The summed E-state index contributed by atoms with van der Waals surface area (Å²) in [6.07, 6.45) is 0.913. The smallest absolute Gasteiger partial charge is 0.230 e. The molecule has 1 aromatic carbocycles. The van der Waals surface area contributed by atoms with Crippen LogP contribution in [0.5, 0.6) is 11.5 Å². The Hall–Kier alpha value is -2.81. The van der Waals surface area contributed by atoms with E-state index in [1.807, 2.05) is 37.3 Å². The Labute approximate surface area is 161 Å². The minimum absolute atomic E-state index is 0.00684. The van der Waals surface area contributed by atoms with Crippen LogP contribution in [0.1, 0.15) is 13.3 Å². The molecule has 0 radical (unpaired) electrons. The Balaban J connectivity index is 1.86. The molecule has 2 aromatic heterocycles. The number of carbonyl (C=O) groups excluding carboxylic acids is 1. The molecule has 0 aliphatic carbocycles. The van der Waals surface area contributed by atoms with Crippen molar-refractivity contribution in [1.29, 1.82) is 0 Å². The molecule has 0 saturated carbocycles. The molecule has 142 valence electrons. The van der Waals surface area contributed by atoms with E-state index in [4.69, 9.17) is 9.47 Å². The number of methoxy groups -OCH3 is 2. The summed E-state index contributed by atoms with van der Waals surface area (Å²) in [5, 5.41) is 16.5. The molecule has 1 amide bonds. The Morgan fingerprint density at radius 1 is 1.15 bits per heavy atom. The molecule has 0 saturated heterocycles. The number of nitrogens with zero attached hydrogens (tertiary/aromatic N) is 4. The van der Waals surface area contributed by atoms with E-state index in [1.165, 1.54) is 11.8 Å². The molecule has 0 unspecified atom stereocenters. The van der Waals surface area contributed by atoms with Crippen molar-refractivity contribution in [1.82, 2.24) is 25.1 Å². The molecule has 0 bridgehead atoms. The molecule has 3 rings (SSSR count). The van der Waals surface area contributed by atoms with Gasteiger partial charge in [-0.25, -0.2) is 0 Å². The molecule has 9 heteroatoms. The fourth-order valence-corrected chi connectivity index (χ4v) is 3.14. The minimum Gasteiger partial charge on any atom is -0.493 e. The Kier molecular flexibility index (Phi) is 6.12. The van der Waals surface area contributed by atoms with Crippen molar-refractivity contribution in [3.63, 3.8) is 0 Å². The Bertz CT molecular complexity index is 944. The van der Waals surface area contributed by atoms with Gasteiger partial charge in [0.1, 0.15) is 5.03 Å². The number of amides is 1. The van der Waals surface area contributed by atoms with Crippen LogP contribution in [0.2, 0.25) is 0 Å². The molecule has 0 atom stereocenters. The first kappa shape index (κ1) is 19.0. The quantitative estimate of drug-likeness (QED) is 0.594. The lowest BCUT2D eigenvalue weighted by Crippen LogP contribution is -2.25. The van der Waals surface area contributed by atoms with Gasteiger partial charge in [0.2, 0.25) is 5.91 Å². The Morgan fingerprint density at radius 2 is 1.96 bits per heavy atom. The predicted molar refractivity (Wildman–Crippen MR) is 103 cm³/mol. The summed E-state index contributed by atoms with van der Waals surface area (Å²) in [5.74, 6) is 2.13. The second kappa shape index (κ2) is 8.72. The molecule has 2 heterocycles. The lowest BCUT2D eigenvalue weighted by atomic mass is 10.2. The van der Waals surface area contributed by atoms with Crippen LogP contribution < -0.4 is 14.8 Å². The van der Waals surface area contributed by atoms with Crippen molar-refractivity contribution < 1.29 is 14.3 Å². The number of aromatic nitrogens is 4. The monoisotopic (exact) mass is 387 g/mol. The van der Waals surface area contributed by atoms with Gasteiger partial charge >= 0.3 is 0 Å². The SMILES string of the molecule is CCCNC(=O)CSc1ccc2nnc(-c3ccc(OC)c(OC)c3)n2n1. The Morgan fingerprint density at radius 3 is 2.70 bits per heavy atom. The van der Waals surface area contributed by atoms with Gasteiger partial charge in [0.25, 0.3) is 0 Å². The fraction of sp³-hybridized carbons (Fsp3) is 0.333. The molecule has 1 N–H and O–H groups in total. The van der Waals surface area contributed by atoms with Crippen LogP contribution in [0.15, 0.2) is 35.4 Å². The molecule has 0 fully saturated rings. The van der Waals surface area contributed by atoms with Gasteiger partial charge in [-0.3, -0.25) is 4.79 Å². The molecular formula is C18H21N5O3S. The minimum atomic E-state index is -0.00684. The zero-order chi connectivity index (χ0) is 19.2. The van der Waals surface area contributed by atoms with Crippen LogP contribution >= 0.6 is 11.8 Å². The molecule has 0 aliphatic heterocycles. The number of ether oxygens (including phenoxy) is 2. The number of thioether (sulfide) groups is 1. The second-order valence-corrected chi connectivity index (χ2v) is 6.67. The zero-order valence-electron chi connectivity index (χ0n) is 15.4. The van der Waals surface area contributed by atoms with Crippen molar-refractivity contribution >= 4 is 23.3 Å². The highest BCUT2D eigenvalue weighted by Gasteiger charge is 2.14. The zero-order valence-corrected chi connectivity index (χ0v) is 16.2. The van der Waals surface area contributed by atoms with Gasteiger partial charge < -0.3 is 14.8 Å². The second-order valence-electron chi connectivity index (χ2n) is 5.67. The number of rotatable bonds is 8. The van der Waals surface area contributed by atoms with E-state index in [0.717, 1.165) is 17.0 Å². The van der Waals surface area contributed by atoms with E-state index in [2.05, 4.69) is 20.6 Å². The summed E-state index contributed by atoms with van der Waals surface area (Å²) in [7, 11) is 3.17. The van der Waals surface area contributed by atoms with E-state index in [1.54, 1.807) is 18.7 Å². The highest BCUT2D eigenvalue weighted by Crippen LogP contribution is 2.31. The van der Waals surface area contributed by atoms with Crippen molar-refractivity contribution in [2.45, 2.75) is 18.4 Å². The van der Waals surface area contributed by atoms with E-state index in [9.17, 15) is 4.79 Å². The third-order valence-electron chi connectivity index (χ3n) is 3.80. The molecule has 0 spiro atoms. The van der Waals surface area contributed by atoms with Gasteiger partial charge in [-0.1, -0.05) is 18.7 Å². The van der Waals surface area contributed by atoms with Gasteiger partial charge in [0.15, 0.2) is 23.0 Å². The summed E-state index contributed by atoms with van der Waals surface area (Å²) >= 11 is 1.37. The van der Waals surface area contributed by atoms with Gasteiger partial charge in [-0.2, -0.15) is 9.61 Å². The van der Waals surface area contributed by atoms with Gasteiger partial charge in [-0.05, 0) is 36.8 Å². The molecule has 0 aliphatic rings. The third kappa shape index (κ3) is 4.30. The maximum Gasteiger partial charge on any atom is 0.230 e. The van der Waals surface area contributed by atoms with Crippen LogP contribution in [0, 0.1) is 0 Å². The first-order chi connectivity index (χ1) is 13.2. The highest BCUT2D eigenvalue weighted by molar-refractivity contribution is 7.99. The van der Waals surface area contributed by atoms with Gasteiger partial charge in [0, 0.05) is 12.1 Å². The number of benzene rings is 1. The molecule has 3 aromatic rings. The number of hydrogen-bond donors (Lipinski definition) is 1. The number of carbonyl (C=O) groups is 1. The number of nitrogens with one attached hydrogen (secondary N) is 1. The molecule has 8 nitrogen and oxygen atoms in total.